The zero-order chi connectivity index (χ0) is 16.6. The van der Waals surface area contributed by atoms with E-state index in [1.165, 1.54) is 18.6 Å². The predicted octanol–water partition coefficient (Wildman–Crippen LogP) is 3.49. The van der Waals surface area contributed by atoms with Crippen LogP contribution in [0.1, 0.15) is 44.3 Å². The summed E-state index contributed by atoms with van der Waals surface area (Å²) in [6.07, 6.45) is 9.09. The van der Waals surface area contributed by atoms with Crippen LogP contribution in [0.2, 0.25) is 0 Å². The minimum absolute atomic E-state index is 0.176. The smallest absolute Gasteiger partial charge is 0.219 e. The molecule has 1 amide bonds. The van der Waals surface area contributed by atoms with Crippen molar-refractivity contribution in [2.45, 2.75) is 50.2 Å². The fourth-order valence-corrected chi connectivity index (χ4v) is 5.87. The predicted molar refractivity (Wildman–Crippen MR) is 101 cm³/mol. The summed E-state index contributed by atoms with van der Waals surface area (Å²) in [5.74, 6) is 2.42. The number of carbonyl (C=O) groups excluding carboxylic acids is 1. The highest BCUT2D eigenvalue weighted by molar-refractivity contribution is 8.77. The number of aryl methyl sites for hydroxylation is 1. The largest absolute Gasteiger partial charge is 0.356 e. The fraction of sp³-hybridized carbons (Fsp3) is 0.588. The molecule has 0 unspecified atom stereocenters. The van der Waals surface area contributed by atoms with Crippen LogP contribution in [0.15, 0.2) is 24.4 Å². The Labute approximate surface area is 150 Å². The molecule has 1 aliphatic rings. The van der Waals surface area contributed by atoms with E-state index in [1.807, 2.05) is 50.4 Å². The van der Waals surface area contributed by atoms with Crippen molar-refractivity contribution in [2.24, 2.45) is 0 Å². The number of aromatic nitrogens is 3. The quantitative estimate of drug-likeness (QED) is 0.545. The number of fused-ring (bicyclic) bond motifs is 1. The number of hydrogen-bond donors (Lipinski definition) is 1. The molecule has 24 heavy (non-hydrogen) atoms. The third-order valence-electron chi connectivity index (χ3n) is 4.19. The van der Waals surface area contributed by atoms with Gasteiger partial charge in [-0.2, -0.15) is 0 Å². The molecule has 3 rings (SSSR count). The van der Waals surface area contributed by atoms with Gasteiger partial charge in [0.05, 0.1) is 0 Å². The monoisotopic (exact) mass is 364 g/mol. The Morgan fingerprint density at radius 3 is 3.12 bits per heavy atom. The minimum atomic E-state index is 0.176. The number of pyridine rings is 1. The van der Waals surface area contributed by atoms with Crippen molar-refractivity contribution in [3.8, 4) is 0 Å². The van der Waals surface area contributed by atoms with Crippen LogP contribution in [0, 0.1) is 0 Å². The van der Waals surface area contributed by atoms with Gasteiger partial charge in [-0.05, 0) is 37.8 Å². The van der Waals surface area contributed by atoms with E-state index in [-0.39, 0.29) is 5.91 Å². The van der Waals surface area contributed by atoms with Crippen LogP contribution in [-0.4, -0.2) is 38.1 Å². The first-order valence-electron chi connectivity index (χ1n) is 8.66. The van der Waals surface area contributed by atoms with E-state index in [4.69, 9.17) is 0 Å². The molecule has 130 valence electrons. The van der Waals surface area contributed by atoms with E-state index >= 15 is 0 Å². The Balaban J connectivity index is 1.26. The van der Waals surface area contributed by atoms with Crippen LogP contribution in [0.3, 0.4) is 0 Å². The lowest BCUT2D eigenvalue weighted by Gasteiger charge is -2.07. The standard InChI is InChI=1S/C17H24N4OS2/c22-17(9-2-1-6-14-10-13-23-24-14)18-11-5-8-16-20-19-15-7-3-4-12-21(15)16/h3-4,7,12,14H,1-2,5-6,8-11,13H2,(H,18,22)/t14-/m1/s1. The molecule has 5 nitrogen and oxygen atoms in total. The number of carbonyl (C=O) groups is 1. The molecule has 0 radical (unpaired) electrons. The van der Waals surface area contributed by atoms with E-state index in [1.54, 1.807) is 0 Å². The van der Waals surface area contributed by atoms with Crippen molar-refractivity contribution in [2.75, 3.05) is 12.3 Å². The van der Waals surface area contributed by atoms with Gasteiger partial charge in [0.15, 0.2) is 5.65 Å². The number of amides is 1. The number of nitrogens with zero attached hydrogens (tertiary/aromatic N) is 3. The molecule has 1 N–H and O–H groups in total. The normalized spacial score (nSPS) is 17.4. The van der Waals surface area contributed by atoms with Gasteiger partial charge in [-0.3, -0.25) is 9.20 Å². The summed E-state index contributed by atoms with van der Waals surface area (Å²) < 4.78 is 2.00. The van der Waals surface area contributed by atoms with E-state index < -0.39 is 0 Å². The zero-order valence-electron chi connectivity index (χ0n) is 13.8. The van der Waals surface area contributed by atoms with Crippen LogP contribution in [0.4, 0.5) is 0 Å². The molecule has 1 fully saturated rings. The van der Waals surface area contributed by atoms with E-state index in [0.29, 0.717) is 13.0 Å². The summed E-state index contributed by atoms with van der Waals surface area (Å²) in [5.41, 5.74) is 0.871. The van der Waals surface area contributed by atoms with Gasteiger partial charge in [-0.1, -0.05) is 34.1 Å². The van der Waals surface area contributed by atoms with Crippen molar-refractivity contribution < 1.29 is 4.79 Å². The number of unbranched alkanes of at least 4 members (excludes halogenated alkanes) is 1. The first-order chi connectivity index (χ1) is 11.8. The summed E-state index contributed by atoms with van der Waals surface area (Å²) in [6.45, 7) is 0.704. The highest BCUT2D eigenvalue weighted by atomic mass is 33.1. The maximum absolute atomic E-state index is 11.9. The van der Waals surface area contributed by atoms with Gasteiger partial charge in [0.2, 0.25) is 5.91 Å². The third-order valence-corrected chi connectivity index (χ3v) is 7.20. The second kappa shape index (κ2) is 9.32. The second-order valence-corrected chi connectivity index (χ2v) is 8.86. The van der Waals surface area contributed by atoms with Crippen molar-refractivity contribution in [1.82, 2.24) is 19.9 Å². The molecule has 1 aliphatic heterocycles. The number of rotatable bonds is 9. The fourth-order valence-electron chi connectivity index (χ4n) is 2.85. The molecule has 0 saturated carbocycles. The van der Waals surface area contributed by atoms with Crippen LogP contribution in [-0.2, 0) is 11.2 Å². The van der Waals surface area contributed by atoms with E-state index in [2.05, 4.69) is 15.5 Å². The topological polar surface area (TPSA) is 59.3 Å². The lowest BCUT2D eigenvalue weighted by atomic mass is 10.1. The Bertz CT molecular complexity index is 655. The minimum Gasteiger partial charge on any atom is -0.356 e. The molecule has 0 spiro atoms. The third kappa shape index (κ3) is 5.14. The molecule has 1 saturated heterocycles. The molecular formula is C17H24N4OS2. The molecule has 1 atom stereocenters. The van der Waals surface area contributed by atoms with Crippen LogP contribution >= 0.6 is 21.6 Å². The van der Waals surface area contributed by atoms with Gasteiger partial charge in [-0.15, -0.1) is 10.2 Å². The van der Waals surface area contributed by atoms with Gasteiger partial charge < -0.3 is 5.32 Å². The first-order valence-corrected chi connectivity index (χ1v) is 11.0. The van der Waals surface area contributed by atoms with Crippen molar-refractivity contribution in [3.63, 3.8) is 0 Å². The summed E-state index contributed by atoms with van der Waals surface area (Å²) in [5, 5.41) is 12.2. The summed E-state index contributed by atoms with van der Waals surface area (Å²) >= 11 is 0. The Kier molecular flexibility index (Phi) is 6.84. The maximum atomic E-state index is 11.9. The first kappa shape index (κ1) is 17.6. The average molecular weight is 365 g/mol. The summed E-state index contributed by atoms with van der Waals surface area (Å²) in [6, 6.07) is 5.88. The Hall–Kier alpha value is -1.21. The summed E-state index contributed by atoms with van der Waals surface area (Å²) in [7, 11) is 4.01. The molecule has 0 bridgehead atoms. The molecule has 0 aliphatic carbocycles. The van der Waals surface area contributed by atoms with Crippen LogP contribution in [0.25, 0.3) is 5.65 Å². The van der Waals surface area contributed by atoms with Crippen molar-refractivity contribution >= 4 is 33.1 Å². The van der Waals surface area contributed by atoms with Crippen LogP contribution < -0.4 is 5.32 Å². The lowest BCUT2D eigenvalue weighted by molar-refractivity contribution is -0.121. The van der Waals surface area contributed by atoms with Crippen LogP contribution in [0.5, 0.6) is 0 Å². The van der Waals surface area contributed by atoms with Gasteiger partial charge in [-0.25, -0.2) is 0 Å². The number of hydrogen-bond acceptors (Lipinski definition) is 5. The molecular weight excluding hydrogens is 340 g/mol. The maximum Gasteiger partial charge on any atom is 0.219 e. The van der Waals surface area contributed by atoms with Gasteiger partial charge in [0.1, 0.15) is 5.82 Å². The molecule has 3 heterocycles. The average Bonchev–Trinajstić information content (AvgIpc) is 3.25. The zero-order valence-corrected chi connectivity index (χ0v) is 15.5. The Morgan fingerprint density at radius 2 is 2.25 bits per heavy atom. The van der Waals surface area contributed by atoms with E-state index in [9.17, 15) is 4.79 Å². The SMILES string of the molecule is O=C(CCCC[C@@H]1CCSS1)NCCCc1nnc2ccccn12. The van der Waals surface area contributed by atoms with Gasteiger partial charge in [0, 0.05) is 36.6 Å². The summed E-state index contributed by atoms with van der Waals surface area (Å²) in [4.78, 5) is 11.9. The Morgan fingerprint density at radius 1 is 1.29 bits per heavy atom. The van der Waals surface area contributed by atoms with Crippen molar-refractivity contribution in [1.29, 1.82) is 0 Å². The molecule has 0 aromatic carbocycles. The highest BCUT2D eigenvalue weighted by Crippen LogP contribution is 2.39. The highest BCUT2D eigenvalue weighted by Gasteiger charge is 2.15. The van der Waals surface area contributed by atoms with Crippen molar-refractivity contribution in [3.05, 3.63) is 30.2 Å². The van der Waals surface area contributed by atoms with Gasteiger partial charge in [0.25, 0.3) is 0 Å². The van der Waals surface area contributed by atoms with Gasteiger partial charge >= 0.3 is 0 Å². The number of nitrogens with one attached hydrogen (secondary N) is 1. The molecule has 2 aromatic heterocycles. The van der Waals surface area contributed by atoms with E-state index in [0.717, 1.165) is 42.4 Å². The molecule has 7 heteroatoms. The molecule has 2 aromatic rings. The lowest BCUT2D eigenvalue weighted by Crippen LogP contribution is -2.24. The second-order valence-electron chi connectivity index (χ2n) is 6.07.